The first kappa shape index (κ1) is 12.3. The van der Waals surface area contributed by atoms with E-state index >= 15 is 0 Å². The number of hydrogen-bond donors (Lipinski definition) is 1. The molecule has 0 heterocycles. The van der Waals surface area contributed by atoms with E-state index in [4.69, 9.17) is 10.5 Å². The van der Waals surface area contributed by atoms with E-state index in [0.29, 0.717) is 19.1 Å². The summed E-state index contributed by atoms with van der Waals surface area (Å²) in [6.45, 7) is 6.74. The lowest BCUT2D eigenvalue weighted by Crippen LogP contribution is -2.48. The fraction of sp³-hybridized carbons (Fsp3) is 0.909. The number of nitrogens with zero attached hydrogens (tertiary/aromatic N) is 1. The molecule has 4 heteroatoms. The van der Waals surface area contributed by atoms with Gasteiger partial charge in [-0.2, -0.15) is 0 Å². The molecule has 0 aromatic carbocycles. The summed E-state index contributed by atoms with van der Waals surface area (Å²) in [5, 5.41) is 0. The van der Waals surface area contributed by atoms with Gasteiger partial charge in [-0.25, -0.2) is 4.79 Å². The number of nitrogens with two attached hydrogens (primary N) is 1. The highest BCUT2D eigenvalue weighted by molar-refractivity contribution is 5.68. The summed E-state index contributed by atoms with van der Waals surface area (Å²) in [7, 11) is 0. The Morgan fingerprint density at radius 1 is 1.47 bits per heavy atom. The zero-order valence-corrected chi connectivity index (χ0v) is 9.95. The maximum Gasteiger partial charge on any atom is 0.410 e. The summed E-state index contributed by atoms with van der Waals surface area (Å²) in [4.78, 5) is 13.6. The first-order chi connectivity index (χ1) is 6.94. The van der Waals surface area contributed by atoms with E-state index < -0.39 is 5.60 Å². The summed E-state index contributed by atoms with van der Waals surface area (Å²) in [6, 6.07) is 0.350. The lowest BCUT2D eigenvalue weighted by atomic mass is 9.92. The van der Waals surface area contributed by atoms with Gasteiger partial charge in [0.15, 0.2) is 0 Å². The van der Waals surface area contributed by atoms with Gasteiger partial charge in [-0.05, 0) is 40.0 Å². The molecular weight excluding hydrogens is 192 g/mol. The molecule has 1 amide bonds. The molecule has 15 heavy (non-hydrogen) atoms. The monoisotopic (exact) mass is 214 g/mol. The van der Waals surface area contributed by atoms with E-state index in [1.54, 1.807) is 4.90 Å². The highest BCUT2D eigenvalue weighted by atomic mass is 16.6. The SMILES string of the molecule is CC(C)(C)OC(=O)N(CCN)C1CCC1. The molecule has 0 radical (unpaired) electrons. The minimum atomic E-state index is -0.423. The highest BCUT2D eigenvalue weighted by Crippen LogP contribution is 2.25. The van der Waals surface area contributed by atoms with Crippen molar-refractivity contribution < 1.29 is 9.53 Å². The Bertz CT molecular complexity index is 219. The Kier molecular flexibility index (Phi) is 3.97. The molecule has 1 rings (SSSR count). The molecule has 0 spiro atoms. The van der Waals surface area contributed by atoms with Crippen LogP contribution >= 0.6 is 0 Å². The van der Waals surface area contributed by atoms with Crippen LogP contribution in [0.5, 0.6) is 0 Å². The highest BCUT2D eigenvalue weighted by Gasteiger charge is 2.31. The lowest BCUT2D eigenvalue weighted by molar-refractivity contribution is 0.00797. The molecule has 1 aliphatic rings. The first-order valence-corrected chi connectivity index (χ1v) is 5.64. The van der Waals surface area contributed by atoms with Crippen molar-refractivity contribution >= 4 is 6.09 Å². The molecular formula is C11H22N2O2. The second-order valence-corrected chi connectivity index (χ2v) is 5.05. The molecule has 0 aromatic rings. The third kappa shape index (κ3) is 3.70. The van der Waals surface area contributed by atoms with Crippen LogP contribution in [0.3, 0.4) is 0 Å². The number of ether oxygens (including phenoxy) is 1. The van der Waals surface area contributed by atoms with E-state index in [1.807, 2.05) is 20.8 Å². The van der Waals surface area contributed by atoms with Crippen LogP contribution in [0.25, 0.3) is 0 Å². The van der Waals surface area contributed by atoms with E-state index in [0.717, 1.165) is 12.8 Å². The van der Waals surface area contributed by atoms with Gasteiger partial charge in [0.1, 0.15) is 5.60 Å². The molecule has 0 bridgehead atoms. The van der Waals surface area contributed by atoms with Crippen LogP contribution in [0.1, 0.15) is 40.0 Å². The predicted molar refractivity (Wildman–Crippen MR) is 59.6 cm³/mol. The predicted octanol–water partition coefficient (Wildman–Crippen LogP) is 1.73. The smallest absolute Gasteiger partial charge is 0.410 e. The average molecular weight is 214 g/mol. The zero-order valence-electron chi connectivity index (χ0n) is 9.95. The molecule has 2 N–H and O–H groups in total. The molecule has 1 saturated carbocycles. The molecule has 1 aliphatic carbocycles. The fourth-order valence-electron chi connectivity index (χ4n) is 1.58. The van der Waals surface area contributed by atoms with Crippen LogP contribution < -0.4 is 5.73 Å². The van der Waals surface area contributed by atoms with Gasteiger partial charge in [0.25, 0.3) is 0 Å². The topological polar surface area (TPSA) is 55.6 Å². The minimum Gasteiger partial charge on any atom is -0.444 e. The summed E-state index contributed by atoms with van der Waals surface area (Å²) in [5.74, 6) is 0. The largest absolute Gasteiger partial charge is 0.444 e. The van der Waals surface area contributed by atoms with Crippen LogP contribution in [0, 0.1) is 0 Å². The number of rotatable bonds is 3. The Morgan fingerprint density at radius 3 is 2.40 bits per heavy atom. The second-order valence-electron chi connectivity index (χ2n) is 5.05. The van der Waals surface area contributed by atoms with E-state index in [-0.39, 0.29) is 6.09 Å². The summed E-state index contributed by atoms with van der Waals surface area (Å²) < 4.78 is 5.34. The Hall–Kier alpha value is -0.770. The molecule has 1 fully saturated rings. The van der Waals surface area contributed by atoms with Gasteiger partial charge in [0, 0.05) is 19.1 Å². The maximum atomic E-state index is 11.8. The van der Waals surface area contributed by atoms with E-state index in [9.17, 15) is 4.79 Å². The Morgan fingerprint density at radius 2 is 2.07 bits per heavy atom. The summed E-state index contributed by atoms with van der Waals surface area (Å²) in [6.07, 6.45) is 3.14. The molecule has 0 aliphatic heterocycles. The molecule has 0 aromatic heterocycles. The number of hydrogen-bond acceptors (Lipinski definition) is 3. The third-order valence-electron chi connectivity index (χ3n) is 2.51. The molecule has 0 atom stereocenters. The lowest BCUT2D eigenvalue weighted by Gasteiger charge is -2.38. The van der Waals surface area contributed by atoms with Crippen LogP contribution in [0.2, 0.25) is 0 Å². The number of carbonyl (C=O) groups excluding carboxylic acids is 1. The molecule has 4 nitrogen and oxygen atoms in total. The van der Waals surface area contributed by atoms with Crippen molar-refractivity contribution in [2.24, 2.45) is 5.73 Å². The summed E-state index contributed by atoms with van der Waals surface area (Å²) in [5.41, 5.74) is 5.08. The van der Waals surface area contributed by atoms with Gasteiger partial charge >= 0.3 is 6.09 Å². The van der Waals surface area contributed by atoms with Gasteiger partial charge in [0.2, 0.25) is 0 Å². The van der Waals surface area contributed by atoms with Crippen molar-refractivity contribution in [3.05, 3.63) is 0 Å². The minimum absolute atomic E-state index is 0.224. The maximum absolute atomic E-state index is 11.8. The first-order valence-electron chi connectivity index (χ1n) is 5.64. The second kappa shape index (κ2) is 4.84. The van der Waals surface area contributed by atoms with Crippen molar-refractivity contribution in [3.8, 4) is 0 Å². The van der Waals surface area contributed by atoms with E-state index in [2.05, 4.69) is 0 Å². The third-order valence-corrected chi connectivity index (χ3v) is 2.51. The van der Waals surface area contributed by atoms with Crippen LogP contribution in [-0.4, -0.2) is 35.7 Å². The van der Waals surface area contributed by atoms with Crippen molar-refractivity contribution in [3.63, 3.8) is 0 Å². The average Bonchev–Trinajstić information content (AvgIpc) is 1.96. The van der Waals surface area contributed by atoms with Gasteiger partial charge in [0.05, 0.1) is 0 Å². The van der Waals surface area contributed by atoms with Crippen molar-refractivity contribution in [2.45, 2.75) is 51.7 Å². The molecule has 88 valence electrons. The van der Waals surface area contributed by atoms with Crippen LogP contribution in [0.4, 0.5) is 4.79 Å². The number of carbonyl (C=O) groups is 1. The van der Waals surface area contributed by atoms with Crippen LogP contribution in [0.15, 0.2) is 0 Å². The quantitative estimate of drug-likeness (QED) is 0.778. The standard InChI is InChI=1S/C11H22N2O2/c1-11(2,3)15-10(14)13(8-7-12)9-5-4-6-9/h9H,4-8,12H2,1-3H3. The van der Waals surface area contributed by atoms with Gasteiger partial charge in [-0.1, -0.05) is 0 Å². The molecule has 0 unspecified atom stereocenters. The van der Waals surface area contributed by atoms with Gasteiger partial charge in [-0.3, -0.25) is 0 Å². The Balaban J connectivity index is 2.50. The zero-order chi connectivity index (χ0) is 11.5. The number of amides is 1. The fourth-order valence-corrected chi connectivity index (χ4v) is 1.58. The van der Waals surface area contributed by atoms with Gasteiger partial charge in [-0.15, -0.1) is 0 Å². The summed E-state index contributed by atoms with van der Waals surface area (Å²) >= 11 is 0. The van der Waals surface area contributed by atoms with Crippen LogP contribution in [-0.2, 0) is 4.74 Å². The van der Waals surface area contributed by atoms with Crippen molar-refractivity contribution in [1.82, 2.24) is 4.90 Å². The van der Waals surface area contributed by atoms with Crippen molar-refractivity contribution in [2.75, 3.05) is 13.1 Å². The van der Waals surface area contributed by atoms with Crippen molar-refractivity contribution in [1.29, 1.82) is 0 Å². The molecule has 0 saturated heterocycles. The normalized spacial score (nSPS) is 17.1. The van der Waals surface area contributed by atoms with Gasteiger partial charge < -0.3 is 15.4 Å². The van der Waals surface area contributed by atoms with E-state index in [1.165, 1.54) is 6.42 Å². The Labute approximate surface area is 91.8 Å².